The molecule has 19 heavy (non-hydrogen) atoms. The average Bonchev–Trinajstić information content (AvgIpc) is 2.87. The van der Waals surface area contributed by atoms with Crippen LogP contribution in [0.3, 0.4) is 0 Å². The number of aromatic amines is 1. The van der Waals surface area contributed by atoms with Crippen molar-refractivity contribution in [1.29, 1.82) is 0 Å². The number of aryl methyl sites for hydroxylation is 1. The molecule has 0 amide bonds. The normalized spacial score (nSPS) is 11.4. The lowest BCUT2D eigenvalue weighted by Crippen LogP contribution is -2.13. The van der Waals surface area contributed by atoms with Gasteiger partial charge in [0.15, 0.2) is 5.03 Å². The first-order chi connectivity index (χ1) is 8.87. The molecule has 102 valence electrons. The van der Waals surface area contributed by atoms with E-state index >= 15 is 0 Å². The van der Waals surface area contributed by atoms with E-state index in [4.69, 9.17) is 5.11 Å². The maximum absolute atomic E-state index is 11.9. The number of carboxylic acids is 1. The molecule has 0 saturated heterocycles. The number of H-pyrrole nitrogens is 1. The second-order valence-electron chi connectivity index (χ2n) is 3.76. The lowest BCUT2D eigenvalue weighted by atomic mass is 10.6. The zero-order chi connectivity index (χ0) is 14.0. The van der Waals surface area contributed by atoms with E-state index in [1.807, 2.05) is 0 Å². The molecule has 2 aromatic heterocycles. The quantitative estimate of drug-likeness (QED) is 0.697. The summed E-state index contributed by atoms with van der Waals surface area (Å²) < 4.78 is 27.2. The fourth-order valence-electron chi connectivity index (χ4n) is 1.39. The molecule has 0 bridgehead atoms. The van der Waals surface area contributed by atoms with Crippen molar-refractivity contribution in [3.8, 4) is 0 Å². The fourth-order valence-corrected chi connectivity index (χ4v) is 2.39. The van der Waals surface area contributed by atoms with Crippen molar-refractivity contribution in [3.63, 3.8) is 0 Å². The Balaban J connectivity index is 2.16. The Morgan fingerprint density at radius 1 is 1.53 bits per heavy atom. The maximum Gasteiger partial charge on any atom is 0.325 e. The first-order valence-corrected chi connectivity index (χ1v) is 6.64. The second kappa shape index (κ2) is 4.72. The van der Waals surface area contributed by atoms with Gasteiger partial charge < -0.3 is 10.1 Å². The van der Waals surface area contributed by atoms with E-state index in [0.717, 1.165) is 4.68 Å². The molecular formula is C9H11N5O4S. The Bertz CT molecular complexity index is 702. The molecule has 0 atom stereocenters. The van der Waals surface area contributed by atoms with Crippen molar-refractivity contribution in [2.45, 2.75) is 18.5 Å². The van der Waals surface area contributed by atoms with Crippen molar-refractivity contribution >= 4 is 21.7 Å². The molecule has 3 N–H and O–H groups in total. The molecule has 9 nitrogen and oxygen atoms in total. The highest BCUT2D eigenvalue weighted by atomic mass is 32.2. The number of sulfonamides is 1. The summed E-state index contributed by atoms with van der Waals surface area (Å²) in [5, 5.41) is 12.2. The molecule has 0 aliphatic rings. The lowest BCUT2D eigenvalue weighted by Gasteiger charge is -2.02. The Hall–Kier alpha value is -2.36. The van der Waals surface area contributed by atoms with Crippen LogP contribution in [0.25, 0.3) is 0 Å². The molecule has 0 unspecified atom stereocenters. The molecule has 0 spiro atoms. The number of hydrogen-bond acceptors (Lipinski definition) is 5. The highest BCUT2D eigenvalue weighted by Gasteiger charge is 2.17. The topological polar surface area (TPSA) is 130 Å². The predicted molar refractivity (Wildman–Crippen MR) is 64.0 cm³/mol. The van der Waals surface area contributed by atoms with Crippen LogP contribution in [0.5, 0.6) is 0 Å². The number of rotatable bonds is 5. The van der Waals surface area contributed by atoms with Gasteiger partial charge in [0.05, 0.1) is 18.1 Å². The molecule has 10 heteroatoms. The van der Waals surface area contributed by atoms with Crippen molar-refractivity contribution in [2.75, 3.05) is 4.72 Å². The highest BCUT2D eigenvalue weighted by Crippen LogP contribution is 2.13. The standard InChI is InChI=1S/C9H11N5O4S/c1-6-10-3-8(12-6)19(17,18)13-7-2-11-14(4-7)5-9(15)16/h2-4,13H,5H2,1H3,(H,10,12)(H,15,16). The van der Waals surface area contributed by atoms with E-state index in [0.29, 0.717) is 5.82 Å². The van der Waals surface area contributed by atoms with E-state index in [-0.39, 0.29) is 17.3 Å². The van der Waals surface area contributed by atoms with Crippen molar-refractivity contribution in [1.82, 2.24) is 19.7 Å². The van der Waals surface area contributed by atoms with Crippen molar-refractivity contribution in [3.05, 3.63) is 24.4 Å². The number of aromatic nitrogens is 4. The smallest absolute Gasteiger partial charge is 0.325 e. The number of aliphatic carboxylic acids is 1. The maximum atomic E-state index is 11.9. The van der Waals surface area contributed by atoms with Gasteiger partial charge in [0.2, 0.25) is 0 Å². The predicted octanol–water partition coefficient (Wildman–Crippen LogP) is -0.200. The summed E-state index contributed by atoms with van der Waals surface area (Å²) in [4.78, 5) is 16.9. The number of anilines is 1. The van der Waals surface area contributed by atoms with Gasteiger partial charge in [-0.3, -0.25) is 14.2 Å². The minimum Gasteiger partial charge on any atom is -0.480 e. The molecule has 0 aromatic carbocycles. The van der Waals surface area contributed by atoms with Crippen LogP contribution in [0.4, 0.5) is 5.69 Å². The molecule has 0 saturated carbocycles. The van der Waals surface area contributed by atoms with Gasteiger partial charge in [0.1, 0.15) is 12.4 Å². The monoisotopic (exact) mass is 285 g/mol. The van der Waals surface area contributed by atoms with Gasteiger partial charge >= 0.3 is 5.97 Å². The Labute approximate surface area is 108 Å². The Morgan fingerprint density at radius 3 is 2.84 bits per heavy atom. The van der Waals surface area contributed by atoms with Crippen LogP contribution in [0.2, 0.25) is 0 Å². The molecule has 2 aromatic rings. The third-order valence-electron chi connectivity index (χ3n) is 2.15. The summed E-state index contributed by atoms with van der Waals surface area (Å²) in [5.74, 6) is -0.594. The van der Waals surface area contributed by atoms with Crippen LogP contribution < -0.4 is 4.72 Å². The van der Waals surface area contributed by atoms with Gasteiger partial charge in [0.25, 0.3) is 10.0 Å². The molecule has 0 fully saturated rings. The largest absolute Gasteiger partial charge is 0.480 e. The van der Waals surface area contributed by atoms with Crippen LogP contribution in [0.1, 0.15) is 5.82 Å². The summed E-state index contributed by atoms with van der Waals surface area (Å²) in [5.41, 5.74) is 0.175. The summed E-state index contributed by atoms with van der Waals surface area (Å²) >= 11 is 0. The Morgan fingerprint density at radius 2 is 2.26 bits per heavy atom. The van der Waals surface area contributed by atoms with Gasteiger partial charge in [0, 0.05) is 6.20 Å². The minimum atomic E-state index is -3.78. The van der Waals surface area contributed by atoms with Gasteiger partial charge in [-0.1, -0.05) is 0 Å². The first-order valence-electron chi connectivity index (χ1n) is 5.15. The molecule has 0 radical (unpaired) electrons. The number of nitrogens with one attached hydrogen (secondary N) is 2. The molecule has 0 aliphatic carbocycles. The second-order valence-corrected chi connectivity index (χ2v) is 5.41. The third kappa shape index (κ3) is 3.10. The third-order valence-corrected chi connectivity index (χ3v) is 3.44. The summed E-state index contributed by atoms with van der Waals surface area (Å²) in [6.45, 7) is 1.29. The summed E-state index contributed by atoms with van der Waals surface area (Å²) in [6.07, 6.45) is 3.71. The Kier molecular flexibility index (Phi) is 3.25. The van der Waals surface area contributed by atoms with E-state index in [2.05, 4.69) is 19.8 Å². The van der Waals surface area contributed by atoms with Crippen LogP contribution in [-0.4, -0.2) is 39.2 Å². The number of nitrogens with zero attached hydrogens (tertiary/aromatic N) is 3. The number of imidazole rings is 1. The lowest BCUT2D eigenvalue weighted by molar-refractivity contribution is -0.137. The number of hydrogen-bond donors (Lipinski definition) is 3. The van der Waals surface area contributed by atoms with E-state index in [1.165, 1.54) is 18.6 Å². The zero-order valence-corrected chi connectivity index (χ0v) is 10.7. The summed E-state index contributed by atoms with van der Waals surface area (Å²) in [6, 6.07) is 0. The SMILES string of the molecule is Cc1ncc(S(=O)(=O)Nc2cnn(CC(=O)O)c2)[nH]1. The van der Waals surface area contributed by atoms with Crippen molar-refractivity contribution in [2.24, 2.45) is 0 Å². The zero-order valence-electron chi connectivity index (χ0n) is 9.86. The van der Waals surface area contributed by atoms with Gasteiger partial charge in [-0.05, 0) is 6.92 Å². The molecular weight excluding hydrogens is 274 g/mol. The fraction of sp³-hybridized carbons (Fsp3) is 0.222. The van der Waals surface area contributed by atoms with E-state index < -0.39 is 16.0 Å². The summed E-state index contributed by atoms with van der Waals surface area (Å²) in [7, 11) is -3.78. The van der Waals surface area contributed by atoms with Gasteiger partial charge in [-0.25, -0.2) is 4.98 Å². The molecule has 0 aliphatic heterocycles. The van der Waals surface area contributed by atoms with Gasteiger partial charge in [-0.2, -0.15) is 13.5 Å². The van der Waals surface area contributed by atoms with E-state index in [9.17, 15) is 13.2 Å². The van der Waals surface area contributed by atoms with Crippen LogP contribution in [-0.2, 0) is 21.4 Å². The van der Waals surface area contributed by atoms with Crippen LogP contribution >= 0.6 is 0 Å². The molecule has 2 heterocycles. The van der Waals surface area contributed by atoms with Crippen LogP contribution in [0, 0.1) is 6.92 Å². The van der Waals surface area contributed by atoms with Crippen molar-refractivity contribution < 1.29 is 18.3 Å². The average molecular weight is 285 g/mol. The number of carboxylic acid groups (broad SMARTS) is 1. The number of carbonyl (C=O) groups is 1. The van der Waals surface area contributed by atoms with Crippen LogP contribution in [0.15, 0.2) is 23.6 Å². The minimum absolute atomic E-state index is 0.0732. The molecule has 2 rings (SSSR count). The van der Waals surface area contributed by atoms with E-state index in [1.54, 1.807) is 6.92 Å². The van der Waals surface area contributed by atoms with Gasteiger partial charge in [-0.15, -0.1) is 0 Å². The highest BCUT2D eigenvalue weighted by molar-refractivity contribution is 7.92. The first kappa shape index (κ1) is 13.1.